The zero-order chi connectivity index (χ0) is 21.4. The molecule has 0 bridgehead atoms. The second kappa shape index (κ2) is 8.04. The molecule has 0 spiro atoms. The Morgan fingerprint density at radius 3 is 2.42 bits per heavy atom. The summed E-state index contributed by atoms with van der Waals surface area (Å²) in [6, 6.07) is 20.8. The molecule has 2 aromatic heterocycles. The SMILES string of the molecule is O=C(NC1CC(C(=O)O)C1)c1csc2ccn(Cc3ccc(-c4ccccc4)cc3)c12. The molecule has 156 valence electrons. The van der Waals surface area contributed by atoms with E-state index in [1.807, 2.05) is 35.8 Å². The van der Waals surface area contributed by atoms with Gasteiger partial charge in [-0.05, 0) is 35.6 Å². The normalized spacial score (nSPS) is 17.9. The molecule has 4 aromatic rings. The molecule has 0 radical (unpaired) electrons. The Hall–Kier alpha value is -3.38. The number of fused-ring (bicyclic) bond motifs is 1. The first-order valence-corrected chi connectivity index (χ1v) is 11.2. The first-order chi connectivity index (χ1) is 15.1. The lowest BCUT2D eigenvalue weighted by atomic mass is 9.80. The van der Waals surface area contributed by atoms with Crippen LogP contribution in [0.4, 0.5) is 0 Å². The molecule has 2 heterocycles. The summed E-state index contributed by atoms with van der Waals surface area (Å²) in [5.74, 6) is -1.24. The number of amides is 1. The lowest BCUT2D eigenvalue weighted by Crippen LogP contribution is -2.46. The number of carboxylic acids is 1. The molecule has 5 rings (SSSR count). The maximum atomic E-state index is 12.8. The maximum absolute atomic E-state index is 12.8. The van der Waals surface area contributed by atoms with Crippen LogP contribution in [0.5, 0.6) is 0 Å². The van der Waals surface area contributed by atoms with Crippen LogP contribution in [0.1, 0.15) is 28.8 Å². The smallest absolute Gasteiger partial charge is 0.306 e. The van der Waals surface area contributed by atoms with E-state index in [0.29, 0.717) is 24.9 Å². The minimum Gasteiger partial charge on any atom is -0.481 e. The Bertz CT molecular complexity index is 1240. The molecule has 0 saturated heterocycles. The van der Waals surface area contributed by atoms with Crippen LogP contribution >= 0.6 is 11.3 Å². The number of rotatable bonds is 6. The molecular weight excluding hydrogens is 408 g/mol. The number of hydrogen-bond donors (Lipinski definition) is 2. The van der Waals surface area contributed by atoms with Crippen molar-refractivity contribution in [2.24, 2.45) is 5.92 Å². The number of carboxylic acid groups (broad SMARTS) is 1. The second-order valence-electron chi connectivity index (χ2n) is 8.05. The van der Waals surface area contributed by atoms with Gasteiger partial charge in [-0.3, -0.25) is 9.59 Å². The standard InChI is InChI=1S/C25H22N2O3S/c28-24(26-20-12-19(13-20)25(29)30)21-15-31-22-10-11-27(23(21)22)14-16-6-8-18(9-7-16)17-4-2-1-3-5-17/h1-11,15,19-20H,12-14H2,(H,26,28)(H,29,30). The molecule has 2 N–H and O–H groups in total. The number of carbonyl (C=O) groups is 2. The summed E-state index contributed by atoms with van der Waals surface area (Å²) in [5.41, 5.74) is 5.12. The summed E-state index contributed by atoms with van der Waals surface area (Å²) in [4.78, 5) is 23.8. The Morgan fingerprint density at radius 2 is 1.71 bits per heavy atom. The van der Waals surface area contributed by atoms with E-state index < -0.39 is 5.97 Å². The molecule has 6 heteroatoms. The van der Waals surface area contributed by atoms with Crippen molar-refractivity contribution in [1.29, 1.82) is 0 Å². The number of benzene rings is 2. The van der Waals surface area contributed by atoms with Crippen LogP contribution in [-0.4, -0.2) is 27.6 Å². The van der Waals surface area contributed by atoms with Crippen LogP contribution in [0, 0.1) is 5.92 Å². The van der Waals surface area contributed by atoms with Crippen LogP contribution in [-0.2, 0) is 11.3 Å². The van der Waals surface area contributed by atoms with E-state index in [1.165, 1.54) is 11.1 Å². The van der Waals surface area contributed by atoms with Gasteiger partial charge in [0, 0.05) is 24.2 Å². The van der Waals surface area contributed by atoms with Crippen molar-refractivity contribution < 1.29 is 14.7 Å². The van der Waals surface area contributed by atoms with E-state index in [2.05, 4.69) is 46.3 Å². The third-order valence-electron chi connectivity index (χ3n) is 5.97. The Morgan fingerprint density at radius 1 is 1.00 bits per heavy atom. The van der Waals surface area contributed by atoms with Crippen molar-refractivity contribution in [3.05, 3.63) is 83.4 Å². The highest BCUT2D eigenvalue weighted by Crippen LogP contribution is 2.31. The number of hydrogen-bond acceptors (Lipinski definition) is 3. The van der Waals surface area contributed by atoms with Gasteiger partial charge < -0.3 is 15.0 Å². The van der Waals surface area contributed by atoms with Gasteiger partial charge in [-0.2, -0.15) is 0 Å². The van der Waals surface area contributed by atoms with Crippen LogP contribution in [0.2, 0.25) is 0 Å². The van der Waals surface area contributed by atoms with Gasteiger partial charge in [0.15, 0.2) is 0 Å². The molecular formula is C25H22N2O3S. The molecule has 5 nitrogen and oxygen atoms in total. The Balaban J connectivity index is 1.33. The van der Waals surface area contributed by atoms with Gasteiger partial charge in [0.2, 0.25) is 0 Å². The first kappa shape index (κ1) is 19.6. The molecule has 1 aliphatic rings. The monoisotopic (exact) mass is 430 g/mol. The highest BCUT2D eigenvalue weighted by Gasteiger charge is 2.35. The average Bonchev–Trinajstić information content (AvgIpc) is 3.34. The number of aliphatic carboxylic acids is 1. The summed E-state index contributed by atoms with van der Waals surface area (Å²) < 4.78 is 3.18. The van der Waals surface area contributed by atoms with Gasteiger partial charge >= 0.3 is 5.97 Å². The molecule has 1 saturated carbocycles. The van der Waals surface area contributed by atoms with Crippen molar-refractivity contribution in [1.82, 2.24) is 9.88 Å². The predicted octanol–water partition coefficient (Wildman–Crippen LogP) is 5.01. The fourth-order valence-electron chi connectivity index (χ4n) is 4.14. The molecule has 0 aliphatic heterocycles. The van der Waals surface area contributed by atoms with E-state index >= 15 is 0 Å². The fraction of sp³-hybridized carbons (Fsp3) is 0.200. The van der Waals surface area contributed by atoms with Gasteiger partial charge in [-0.15, -0.1) is 11.3 Å². The van der Waals surface area contributed by atoms with Crippen LogP contribution < -0.4 is 5.32 Å². The van der Waals surface area contributed by atoms with Gasteiger partial charge in [0.1, 0.15) is 0 Å². The minimum absolute atomic E-state index is 0.0579. The number of aromatic nitrogens is 1. The van der Waals surface area contributed by atoms with Crippen molar-refractivity contribution in [2.45, 2.75) is 25.4 Å². The van der Waals surface area contributed by atoms with Crippen LogP contribution in [0.25, 0.3) is 21.3 Å². The van der Waals surface area contributed by atoms with E-state index in [1.54, 1.807) is 11.3 Å². The second-order valence-corrected chi connectivity index (χ2v) is 8.96. The summed E-state index contributed by atoms with van der Waals surface area (Å²) >= 11 is 1.56. The number of nitrogens with zero attached hydrogens (tertiary/aromatic N) is 1. The molecule has 1 fully saturated rings. The van der Waals surface area contributed by atoms with Crippen molar-refractivity contribution in [2.75, 3.05) is 0 Å². The summed E-state index contributed by atoms with van der Waals surface area (Å²) in [6.07, 6.45) is 3.03. The zero-order valence-corrected chi connectivity index (χ0v) is 17.6. The fourth-order valence-corrected chi connectivity index (χ4v) is 5.08. The molecule has 1 aliphatic carbocycles. The molecule has 1 amide bonds. The average molecular weight is 431 g/mol. The summed E-state index contributed by atoms with van der Waals surface area (Å²) in [7, 11) is 0. The van der Waals surface area contributed by atoms with Gasteiger partial charge in [0.25, 0.3) is 5.91 Å². The lowest BCUT2D eigenvalue weighted by Gasteiger charge is -2.32. The lowest BCUT2D eigenvalue weighted by molar-refractivity contribution is -0.145. The van der Waals surface area contributed by atoms with Gasteiger partial charge in [0.05, 0.1) is 21.7 Å². The highest BCUT2D eigenvalue weighted by molar-refractivity contribution is 7.17. The van der Waals surface area contributed by atoms with Crippen LogP contribution in [0.15, 0.2) is 72.2 Å². The van der Waals surface area contributed by atoms with Crippen LogP contribution in [0.3, 0.4) is 0 Å². The van der Waals surface area contributed by atoms with Crippen molar-refractivity contribution in [3.8, 4) is 11.1 Å². The third kappa shape index (κ3) is 3.86. The Kier molecular flexibility index (Phi) is 5.08. The van der Waals surface area contributed by atoms with E-state index in [4.69, 9.17) is 5.11 Å². The topological polar surface area (TPSA) is 71.3 Å². The predicted molar refractivity (Wildman–Crippen MR) is 122 cm³/mol. The minimum atomic E-state index is -0.782. The largest absolute Gasteiger partial charge is 0.481 e. The zero-order valence-electron chi connectivity index (χ0n) is 16.8. The Labute approximate surface area is 184 Å². The number of thiophene rings is 1. The van der Waals surface area contributed by atoms with Gasteiger partial charge in [-0.1, -0.05) is 54.6 Å². The highest BCUT2D eigenvalue weighted by atomic mass is 32.1. The van der Waals surface area contributed by atoms with Crippen molar-refractivity contribution in [3.63, 3.8) is 0 Å². The number of nitrogens with one attached hydrogen (secondary N) is 1. The number of carbonyl (C=O) groups excluding carboxylic acids is 1. The quantitative estimate of drug-likeness (QED) is 0.452. The molecule has 31 heavy (non-hydrogen) atoms. The summed E-state index contributed by atoms with van der Waals surface area (Å²) in [6.45, 7) is 0.681. The molecule has 2 aromatic carbocycles. The summed E-state index contributed by atoms with van der Waals surface area (Å²) in [5, 5.41) is 13.9. The maximum Gasteiger partial charge on any atom is 0.306 e. The van der Waals surface area contributed by atoms with E-state index in [-0.39, 0.29) is 17.9 Å². The van der Waals surface area contributed by atoms with Gasteiger partial charge in [-0.25, -0.2) is 0 Å². The van der Waals surface area contributed by atoms with Crippen molar-refractivity contribution >= 4 is 33.4 Å². The first-order valence-electron chi connectivity index (χ1n) is 10.3. The third-order valence-corrected chi connectivity index (χ3v) is 6.90. The van der Waals surface area contributed by atoms with E-state index in [0.717, 1.165) is 15.8 Å². The van der Waals surface area contributed by atoms with E-state index in [9.17, 15) is 9.59 Å². The molecule has 0 unspecified atom stereocenters. The molecule has 0 atom stereocenters.